The zero-order valence-electron chi connectivity index (χ0n) is 11.7. The fraction of sp³-hybridized carbons (Fsp3) is 0.0667. The number of hydrogen-bond donors (Lipinski definition) is 2. The van der Waals surface area contributed by atoms with Gasteiger partial charge in [0, 0.05) is 5.56 Å². The van der Waals surface area contributed by atoms with Gasteiger partial charge >= 0.3 is 6.43 Å². The smallest absolute Gasteiger partial charge is 0.315 e. The lowest BCUT2D eigenvalue weighted by Gasteiger charge is -2.13. The molecule has 2 N–H and O–H groups in total. The van der Waals surface area contributed by atoms with Crippen LogP contribution in [0, 0.1) is 11.6 Å². The third kappa shape index (κ3) is 3.83. The number of benzene rings is 2. The van der Waals surface area contributed by atoms with Gasteiger partial charge in [-0.15, -0.1) is 0 Å². The van der Waals surface area contributed by atoms with Crippen LogP contribution in [0.1, 0.15) is 10.4 Å². The van der Waals surface area contributed by atoms with Crippen molar-refractivity contribution >= 4 is 34.8 Å². The van der Waals surface area contributed by atoms with E-state index in [0.29, 0.717) is 0 Å². The standard InChI is InChI=1S/C15H9ClF4N2O2/c16-8-6-9(21-14(23)7-4-2-1-3-5-7)11(18)12(10(8)17)22-15(24)13(19)20/h1-6,13H,(H,21,23)(H,22,24). The molecule has 0 aromatic heterocycles. The minimum Gasteiger partial charge on any atom is -0.319 e. The topological polar surface area (TPSA) is 58.2 Å². The Bertz CT molecular complexity index is 785. The Balaban J connectivity index is 2.36. The molecule has 0 aliphatic rings. The minimum absolute atomic E-state index is 0.176. The van der Waals surface area contributed by atoms with Crippen molar-refractivity contribution < 1.29 is 27.2 Å². The minimum atomic E-state index is -3.48. The molecule has 2 amide bonds. The fourth-order valence-electron chi connectivity index (χ4n) is 1.77. The first-order valence-electron chi connectivity index (χ1n) is 6.44. The second-order valence-electron chi connectivity index (χ2n) is 4.52. The molecule has 0 saturated carbocycles. The number of hydrogen-bond acceptors (Lipinski definition) is 2. The van der Waals surface area contributed by atoms with Crippen LogP contribution in [0.15, 0.2) is 36.4 Å². The third-order valence-corrected chi connectivity index (χ3v) is 3.16. The first kappa shape index (κ1) is 17.7. The number of rotatable bonds is 4. The average Bonchev–Trinajstić information content (AvgIpc) is 2.56. The number of alkyl halides is 2. The monoisotopic (exact) mass is 360 g/mol. The molecule has 9 heteroatoms. The van der Waals surface area contributed by atoms with E-state index in [2.05, 4.69) is 5.32 Å². The van der Waals surface area contributed by atoms with E-state index < -0.39 is 46.3 Å². The van der Waals surface area contributed by atoms with Crippen LogP contribution < -0.4 is 10.6 Å². The summed E-state index contributed by atoms with van der Waals surface area (Å²) >= 11 is 5.55. The van der Waals surface area contributed by atoms with E-state index >= 15 is 0 Å². The van der Waals surface area contributed by atoms with Gasteiger partial charge < -0.3 is 10.6 Å². The molecule has 0 aliphatic heterocycles. The van der Waals surface area contributed by atoms with E-state index in [0.717, 1.165) is 6.07 Å². The van der Waals surface area contributed by atoms with Crippen LogP contribution in [-0.4, -0.2) is 18.2 Å². The Morgan fingerprint density at radius 3 is 2.21 bits per heavy atom. The molecule has 0 radical (unpaired) electrons. The van der Waals surface area contributed by atoms with Gasteiger partial charge in [0.25, 0.3) is 11.8 Å². The Hall–Kier alpha value is -2.61. The fourth-order valence-corrected chi connectivity index (χ4v) is 1.97. The lowest BCUT2D eigenvalue weighted by atomic mass is 10.2. The second-order valence-corrected chi connectivity index (χ2v) is 4.93. The first-order valence-corrected chi connectivity index (χ1v) is 6.82. The lowest BCUT2D eigenvalue weighted by molar-refractivity contribution is -0.126. The number of anilines is 2. The Kier molecular flexibility index (Phi) is 5.40. The maximum Gasteiger partial charge on any atom is 0.315 e. The van der Waals surface area contributed by atoms with E-state index in [9.17, 15) is 27.2 Å². The number of nitrogens with one attached hydrogen (secondary N) is 2. The molecule has 0 unspecified atom stereocenters. The van der Waals surface area contributed by atoms with Gasteiger partial charge in [-0.2, -0.15) is 8.78 Å². The normalized spacial score (nSPS) is 10.6. The van der Waals surface area contributed by atoms with Crippen molar-refractivity contribution in [2.45, 2.75) is 6.43 Å². The van der Waals surface area contributed by atoms with Crippen LogP contribution in [0.4, 0.5) is 28.9 Å². The van der Waals surface area contributed by atoms with E-state index in [1.807, 2.05) is 0 Å². The summed E-state index contributed by atoms with van der Waals surface area (Å²) in [7, 11) is 0. The van der Waals surface area contributed by atoms with Crippen LogP contribution in [0.3, 0.4) is 0 Å². The van der Waals surface area contributed by atoms with Crippen molar-refractivity contribution in [3.8, 4) is 0 Å². The highest BCUT2D eigenvalue weighted by Gasteiger charge is 2.24. The molecule has 0 saturated heterocycles. The largest absolute Gasteiger partial charge is 0.319 e. The predicted molar refractivity (Wildman–Crippen MR) is 80.4 cm³/mol. The molecule has 0 bridgehead atoms. The van der Waals surface area contributed by atoms with Gasteiger partial charge in [0.05, 0.1) is 10.7 Å². The molecule has 0 spiro atoms. The maximum absolute atomic E-state index is 14.2. The van der Waals surface area contributed by atoms with Crippen molar-refractivity contribution in [1.29, 1.82) is 0 Å². The van der Waals surface area contributed by atoms with Crippen LogP contribution in [0.2, 0.25) is 5.02 Å². The summed E-state index contributed by atoms with van der Waals surface area (Å²) in [5, 5.41) is 2.87. The second kappa shape index (κ2) is 7.31. The molecule has 0 heterocycles. The number of halogens is 5. The molecule has 126 valence electrons. The van der Waals surface area contributed by atoms with Gasteiger partial charge in [-0.3, -0.25) is 9.59 Å². The summed E-state index contributed by atoms with van der Waals surface area (Å²) < 4.78 is 52.5. The summed E-state index contributed by atoms with van der Waals surface area (Å²) in [5.74, 6) is -5.50. The van der Waals surface area contributed by atoms with Gasteiger partial charge in [0.15, 0.2) is 11.6 Å². The molecular formula is C15H9ClF4N2O2. The van der Waals surface area contributed by atoms with Crippen molar-refractivity contribution in [3.63, 3.8) is 0 Å². The van der Waals surface area contributed by atoms with E-state index in [1.54, 1.807) is 18.2 Å². The van der Waals surface area contributed by atoms with Gasteiger partial charge in [0.2, 0.25) is 0 Å². The summed E-state index contributed by atoms with van der Waals surface area (Å²) in [6.07, 6.45) is -3.48. The number of carbonyl (C=O) groups excluding carboxylic acids is 2. The van der Waals surface area contributed by atoms with E-state index in [4.69, 9.17) is 11.6 Å². The summed E-state index contributed by atoms with van der Waals surface area (Å²) in [4.78, 5) is 22.9. The van der Waals surface area contributed by atoms with Crippen molar-refractivity contribution in [2.75, 3.05) is 10.6 Å². The van der Waals surface area contributed by atoms with Crippen LogP contribution in [0.5, 0.6) is 0 Å². The lowest BCUT2D eigenvalue weighted by Crippen LogP contribution is -2.22. The van der Waals surface area contributed by atoms with Gasteiger partial charge in [-0.1, -0.05) is 29.8 Å². The maximum atomic E-state index is 14.2. The molecule has 2 rings (SSSR count). The highest BCUT2D eigenvalue weighted by Crippen LogP contribution is 2.32. The molecule has 0 fully saturated rings. The van der Waals surface area contributed by atoms with Gasteiger partial charge in [0.1, 0.15) is 5.69 Å². The molecule has 24 heavy (non-hydrogen) atoms. The van der Waals surface area contributed by atoms with Gasteiger partial charge in [-0.25, -0.2) is 8.78 Å². The van der Waals surface area contributed by atoms with Crippen molar-refractivity contribution in [2.24, 2.45) is 0 Å². The SMILES string of the molecule is O=C(Nc1cc(Cl)c(F)c(NC(=O)C(F)F)c1F)c1ccccc1. The Labute approximate surface area is 138 Å². The molecular weight excluding hydrogens is 352 g/mol. The molecule has 0 atom stereocenters. The quantitative estimate of drug-likeness (QED) is 0.637. The van der Waals surface area contributed by atoms with Crippen molar-refractivity contribution in [3.05, 3.63) is 58.6 Å². The average molecular weight is 361 g/mol. The predicted octanol–water partition coefficient (Wildman–Crippen LogP) is 4.07. The Morgan fingerprint density at radius 2 is 1.62 bits per heavy atom. The zero-order chi connectivity index (χ0) is 17.9. The summed E-state index contributed by atoms with van der Waals surface area (Å²) in [6, 6.07) is 8.44. The zero-order valence-corrected chi connectivity index (χ0v) is 12.5. The highest BCUT2D eigenvalue weighted by atomic mass is 35.5. The van der Waals surface area contributed by atoms with Crippen molar-refractivity contribution in [1.82, 2.24) is 0 Å². The van der Waals surface area contributed by atoms with Gasteiger partial charge in [-0.05, 0) is 18.2 Å². The number of amides is 2. The molecule has 0 aliphatic carbocycles. The summed E-state index contributed by atoms with van der Waals surface area (Å²) in [5.41, 5.74) is -1.56. The molecule has 4 nitrogen and oxygen atoms in total. The third-order valence-electron chi connectivity index (χ3n) is 2.89. The highest BCUT2D eigenvalue weighted by molar-refractivity contribution is 6.31. The number of carbonyl (C=O) groups is 2. The van der Waals surface area contributed by atoms with Crippen LogP contribution in [0.25, 0.3) is 0 Å². The Morgan fingerprint density at radius 1 is 1.00 bits per heavy atom. The van der Waals surface area contributed by atoms with Crippen LogP contribution in [-0.2, 0) is 4.79 Å². The van der Waals surface area contributed by atoms with E-state index in [1.165, 1.54) is 17.4 Å². The first-order chi connectivity index (χ1) is 11.3. The molecule has 2 aromatic carbocycles. The van der Waals surface area contributed by atoms with Crippen LogP contribution >= 0.6 is 11.6 Å². The molecule has 2 aromatic rings. The van der Waals surface area contributed by atoms with E-state index in [-0.39, 0.29) is 5.56 Å². The summed E-state index contributed by atoms with van der Waals surface area (Å²) in [6.45, 7) is 0.